The minimum Gasteiger partial charge on any atom is -0.493 e. The maximum absolute atomic E-state index is 12.4. The van der Waals surface area contributed by atoms with E-state index >= 15 is 0 Å². The van der Waals surface area contributed by atoms with E-state index in [9.17, 15) is 4.79 Å². The van der Waals surface area contributed by atoms with Crippen LogP contribution in [0.4, 0.5) is 0 Å². The summed E-state index contributed by atoms with van der Waals surface area (Å²) < 4.78 is 21.7. The van der Waals surface area contributed by atoms with E-state index in [0.29, 0.717) is 39.8 Å². The highest BCUT2D eigenvalue weighted by molar-refractivity contribution is 7.99. The van der Waals surface area contributed by atoms with Crippen LogP contribution in [0.25, 0.3) is 11.5 Å². The smallest absolute Gasteiger partial charge is 0.277 e. The molecule has 1 fully saturated rings. The number of amides is 1. The summed E-state index contributed by atoms with van der Waals surface area (Å²) in [6.45, 7) is 3.86. The van der Waals surface area contributed by atoms with E-state index in [0.717, 1.165) is 25.9 Å². The summed E-state index contributed by atoms with van der Waals surface area (Å²) in [5.74, 6) is 2.88. The number of rotatable bonds is 7. The SMILES string of the molecule is COc1cc(-c2nnc(SCC(=O)N3CCC(C)CC3)o2)cc(OC)c1OC. The fourth-order valence-electron chi connectivity index (χ4n) is 3.06. The van der Waals surface area contributed by atoms with Crippen molar-refractivity contribution in [2.75, 3.05) is 40.2 Å². The Morgan fingerprint density at radius 3 is 2.36 bits per heavy atom. The minimum atomic E-state index is 0.101. The van der Waals surface area contributed by atoms with Crippen LogP contribution in [-0.2, 0) is 4.79 Å². The van der Waals surface area contributed by atoms with Gasteiger partial charge in [-0.25, -0.2) is 0 Å². The van der Waals surface area contributed by atoms with E-state index in [1.807, 2.05) is 4.90 Å². The topological polar surface area (TPSA) is 86.9 Å². The molecule has 0 saturated carbocycles. The molecule has 0 radical (unpaired) electrons. The molecule has 2 heterocycles. The summed E-state index contributed by atoms with van der Waals surface area (Å²) >= 11 is 1.25. The van der Waals surface area contributed by atoms with Gasteiger partial charge in [0, 0.05) is 18.7 Å². The van der Waals surface area contributed by atoms with E-state index in [1.165, 1.54) is 11.8 Å². The molecular formula is C19H25N3O5S. The first kappa shape index (κ1) is 20.3. The van der Waals surface area contributed by atoms with Crippen LogP contribution in [0.15, 0.2) is 21.8 Å². The van der Waals surface area contributed by atoms with Crippen LogP contribution in [0.5, 0.6) is 17.2 Å². The molecule has 1 aliphatic rings. The van der Waals surface area contributed by atoms with Gasteiger partial charge in [0.25, 0.3) is 5.22 Å². The van der Waals surface area contributed by atoms with Crippen LogP contribution in [0.3, 0.4) is 0 Å². The summed E-state index contributed by atoms with van der Waals surface area (Å²) in [5.41, 5.74) is 0.644. The molecule has 0 spiro atoms. The van der Waals surface area contributed by atoms with Gasteiger partial charge in [-0.05, 0) is 30.9 Å². The predicted octanol–water partition coefficient (Wildman–Crippen LogP) is 3.11. The molecule has 1 amide bonds. The van der Waals surface area contributed by atoms with Gasteiger partial charge in [-0.1, -0.05) is 18.7 Å². The van der Waals surface area contributed by atoms with Crippen molar-refractivity contribution in [3.8, 4) is 28.7 Å². The molecule has 1 saturated heterocycles. The summed E-state index contributed by atoms with van der Waals surface area (Å²) in [4.78, 5) is 14.3. The molecule has 9 heteroatoms. The lowest BCUT2D eigenvalue weighted by atomic mass is 9.99. The normalized spacial score (nSPS) is 14.8. The molecule has 1 aromatic carbocycles. The molecule has 0 unspecified atom stereocenters. The lowest BCUT2D eigenvalue weighted by Crippen LogP contribution is -2.38. The van der Waals surface area contributed by atoms with E-state index in [1.54, 1.807) is 33.5 Å². The summed E-state index contributed by atoms with van der Waals surface area (Å²) in [7, 11) is 4.63. The van der Waals surface area contributed by atoms with Crippen molar-refractivity contribution < 1.29 is 23.4 Å². The molecule has 3 rings (SSSR count). The third-order valence-electron chi connectivity index (χ3n) is 4.77. The summed E-state index contributed by atoms with van der Waals surface area (Å²) in [6, 6.07) is 3.48. The van der Waals surface area contributed by atoms with Crippen LogP contribution < -0.4 is 14.2 Å². The van der Waals surface area contributed by atoms with Crippen molar-refractivity contribution >= 4 is 17.7 Å². The Kier molecular flexibility index (Phi) is 6.66. The largest absolute Gasteiger partial charge is 0.493 e. The van der Waals surface area contributed by atoms with Crippen molar-refractivity contribution in [2.45, 2.75) is 25.0 Å². The number of methoxy groups -OCH3 is 3. The number of ether oxygens (including phenoxy) is 3. The van der Waals surface area contributed by atoms with Crippen molar-refractivity contribution in [3.63, 3.8) is 0 Å². The van der Waals surface area contributed by atoms with E-state index in [4.69, 9.17) is 18.6 Å². The average molecular weight is 407 g/mol. The van der Waals surface area contributed by atoms with Crippen LogP contribution in [-0.4, -0.2) is 61.2 Å². The first-order valence-electron chi connectivity index (χ1n) is 9.10. The summed E-state index contributed by atoms with van der Waals surface area (Å²) in [6.07, 6.45) is 2.12. The second kappa shape index (κ2) is 9.18. The number of piperidine rings is 1. The van der Waals surface area contributed by atoms with Gasteiger partial charge in [0.2, 0.25) is 17.5 Å². The molecular weight excluding hydrogens is 382 g/mol. The van der Waals surface area contributed by atoms with Gasteiger partial charge in [0.1, 0.15) is 0 Å². The van der Waals surface area contributed by atoms with Gasteiger partial charge in [-0.15, -0.1) is 10.2 Å². The predicted molar refractivity (Wildman–Crippen MR) is 105 cm³/mol. The lowest BCUT2D eigenvalue weighted by molar-refractivity contribution is -0.129. The van der Waals surface area contributed by atoms with Gasteiger partial charge < -0.3 is 23.5 Å². The molecule has 1 aliphatic heterocycles. The number of hydrogen-bond donors (Lipinski definition) is 0. The van der Waals surface area contributed by atoms with Crippen LogP contribution >= 0.6 is 11.8 Å². The first-order chi connectivity index (χ1) is 13.5. The molecule has 0 atom stereocenters. The Bertz CT molecular complexity index is 793. The molecule has 0 N–H and O–H groups in total. The van der Waals surface area contributed by atoms with Crippen LogP contribution in [0.2, 0.25) is 0 Å². The van der Waals surface area contributed by atoms with Crippen molar-refractivity contribution in [1.29, 1.82) is 0 Å². The third-order valence-corrected chi connectivity index (χ3v) is 5.58. The quantitative estimate of drug-likeness (QED) is 0.647. The molecule has 1 aromatic heterocycles. The third kappa shape index (κ3) is 4.52. The number of nitrogens with zero attached hydrogens (tertiary/aromatic N) is 3. The fraction of sp³-hybridized carbons (Fsp3) is 0.526. The van der Waals surface area contributed by atoms with Crippen molar-refractivity contribution in [3.05, 3.63) is 12.1 Å². The number of hydrogen-bond acceptors (Lipinski definition) is 8. The lowest BCUT2D eigenvalue weighted by Gasteiger charge is -2.30. The van der Waals surface area contributed by atoms with Gasteiger partial charge in [0.05, 0.1) is 27.1 Å². The molecule has 152 valence electrons. The Labute approximate surface area is 168 Å². The molecule has 8 nitrogen and oxygen atoms in total. The van der Waals surface area contributed by atoms with Crippen LogP contribution in [0, 0.1) is 5.92 Å². The maximum atomic E-state index is 12.4. The minimum absolute atomic E-state index is 0.101. The highest BCUT2D eigenvalue weighted by Gasteiger charge is 2.22. The highest BCUT2D eigenvalue weighted by atomic mass is 32.2. The van der Waals surface area contributed by atoms with Gasteiger partial charge in [-0.3, -0.25) is 4.79 Å². The Morgan fingerprint density at radius 1 is 1.14 bits per heavy atom. The average Bonchev–Trinajstić information content (AvgIpc) is 3.20. The number of thioether (sulfide) groups is 1. The number of benzene rings is 1. The molecule has 28 heavy (non-hydrogen) atoms. The number of carbonyl (C=O) groups excluding carboxylic acids is 1. The number of likely N-dealkylation sites (tertiary alicyclic amines) is 1. The van der Waals surface area contributed by atoms with Crippen molar-refractivity contribution in [1.82, 2.24) is 15.1 Å². The molecule has 0 bridgehead atoms. The molecule has 2 aromatic rings. The Hall–Kier alpha value is -2.42. The monoisotopic (exact) mass is 407 g/mol. The zero-order valence-corrected chi connectivity index (χ0v) is 17.4. The zero-order chi connectivity index (χ0) is 20.1. The maximum Gasteiger partial charge on any atom is 0.277 e. The van der Waals surface area contributed by atoms with E-state index in [-0.39, 0.29) is 11.7 Å². The standard InChI is InChI=1S/C19H25N3O5S/c1-12-5-7-22(8-6-12)16(23)11-28-19-21-20-18(27-19)13-9-14(24-2)17(26-4)15(10-13)25-3/h9-10,12H,5-8,11H2,1-4H3. The Morgan fingerprint density at radius 2 is 1.79 bits per heavy atom. The Balaban J connectivity index is 1.68. The van der Waals surface area contributed by atoms with Crippen LogP contribution in [0.1, 0.15) is 19.8 Å². The van der Waals surface area contributed by atoms with E-state index < -0.39 is 0 Å². The highest BCUT2D eigenvalue weighted by Crippen LogP contribution is 2.41. The van der Waals surface area contributed by atoms with Gasteiger partial charge in [0.15, 0.2) is 11.5 Å². The van der Waals surface area contributed by atoms with Gasteiger partial charge >= 0.3 is 0 Å². The first-order valence-corrected chi connectivity index (χ1v) is 10.1. The van der Waals surface area contributed by atoms with Gasteiger partial charge in [-0.2, -0.15) is 0 Å². The second-order valence-corrected chi connectivity index (χ2v) is 7.57. The summed E-state index contributed by atoms with van der Waals surface area (Å²) in [5, 5.41) is 8.47. The van der Waals surface area contributed by atoms with Crippen molar-refractivity contribution in [2.24, 2.45) is 5.92 Å². The fourth-order valence-corrected chi connectivity index (χ4v) is 3.73. The van der Waals surface area contributed by atoms with E-state index in [2.05, 4.69) is 17.1 Å². The number of carbonyl (C=O) groups is 1. The zero-order valence-electron chi connectivity index (χ0n) is 16.6. The molecule has 0 aliphatic carbocycles. The number of aromatic nitrogens is 2. The second-order valence-electron chi connectivity index (χ2n) is 6.64.